The van der Waals surface area contributed by atoms with E-state index in [1.807, 2.05) is 0 Å². The number of imide groups is 1. The van der Waals surface area contributed by atoms with E-state index in [1.165, 1.54) is 12.1 Å². The first-order valence-electron chi connectivity index (χ1n) is 8.21. The summed E-state index contributed by atoms with van der Waals surface area (Å²) in [6.07, 6.45) is 0.499. The molecule has 2 N–H and O–H groups in total. The van der Waals surface area contributed by atoms with Gasteiger partial charge in [0.05, 0.1) is 11.1 Å². The number of anilines is 1. The number of fused-ring (bicyclic) bond motifs is 2. The van der Waals surface area contributed by atoms with E-state index in [2.05, 4.69) is 0 Å². The van der Waals surface area contributed by atoms with Gasteiger partial charge in [-0.05, 0) is 30.7 Å². The Balaban J connectivity index is 1.47. The minimum absolute atomic E-state index is 0.0993. The molecule has 0 saturated heterocycles. The van der Waals surface area contributed by atoms with Crippen LogP contribution < -0.4 is 5.73 Å². The average Bonchev–Trinajstić information content (AvgIpc) is 3.02. The molecule has 0 aliphatic carbocycles. The topological polar surface area (TPSA) is 107 Å². The van der Waals surface area contributed by atoms with Gasteiger partial charge in [0.25, 0.3) is 17.6 Å². The summed E-state index contributed by atoms with van der Waals surface area (Å²) in [5, 5.41) is 12.3. The number of carbonyl (C=O) groups excluding carboxylic acids is 3. The number of nitrogen functional groups attached to an aromatic ring is 1. The Morgan fingerprint density at radius 2 is 1.62 bits per heavy atom. The van der Waals surface area contributed by atoms with Gasteiger partial charge in [-0.25, -0.2) is 0 Å². The minimum atomic E-state index is -0.344. The molecule has 0 bridgehead atoms. The van der Waals surface area contributed by atoms with E-state index in [0.717, 1.165) is 4.90 Å². The van der Waals surface area contributed by atoms with Crippen molar-refractivity contribution < 1.29 is 19.1 Å². The lowest BCUT2D eigenvalue weighted by molar-refractivity contribution is -0.357. The fourth-order valence-electron chi connectivity index (χ4n) is 3.36. The van der Waals surface area contributed by atoms with Gasteiger partial charge < -0.3 is 10.9 Å². The monoisotopic (exact) mass is 349 g/mol. The summed E-state index contributed by atoms with van der Waals surface area (Å²) in [6, 6.07) is 11.2. The number of ketones is 1. The smallest absolute Gasteiger partial charge is 0.261 e. The summed E-state index contributed by atoms with van der Waals surface area (Å²) in [4.78, 5) is 38.2. The fraction of sp³-hybridized carbons (Fsp3) is 0.158. The standard InChI is InChI=1S/C19H15N3O4/c20-11-7-8-14-16(10-11)22(26)15(17(14)23)6-3-9-21-18(24)12-4-1-2-5-13(12)19(21)25/h1-2,4-5,7-8,10H,3,6,9,20H2. The zero-order chi connectivity index (χ0) is 18.4. The van der Waals surface area contributed by atoms with Crippen LogP contribution in [-0.4, -0.2) is 39.5 Å². The predicted molar refractivity (Wildman–Crippen MR) is 94.5 cm³/mol. The van der Waals surface area contributed by atoms with Crippen molar-refractivity contribution in [2.24, 2.45) is 0 Å². The summed E-state index contributed by atoms with van der Waals surface area (Å²) >= 11 is 0. The molecule has 26 heavy (non-hydrogen) atoms. The summed E-state index contributed by atoms with van der Waals surface area (Å²) in [6.45, 7) is 0.148. The predicted octanol–water partition coefficient (Wildman–Crippen LogP) is 2.12. The Kier molecular flexibility index (Phi) is 3.57. The van der Waals surface area contributed by atoms with E-state index in [0.29, 0.717) is 33.5 Å². The number of hydrogen-bond acceptors (Lipinski definition) is 5. The maximum atomic E-state index is 12.4. The molecular weight excluding hydrogens is 334 g/mol. The second kappa shape index (κ2) is 5.80. The van der Waals surface area contributed by atoms with Gasteiger partial charge in [-0.3, -0.25) is 19.3 Å². The van der Waals surface area contributed by atoms with Gasteiger partial charge in [0.2, 0.25) is 11.4 Å². The SMILES string of the molecule is Nc1ccc2c(c1)[N+]([O-])=C(CCCN1C(=O)c3ccccc3C1=O)C2=O. The van der Waals surface area contributed by atoms with Gasteiger partial charge in [-0.1, -0.05) is 12.1 Å². The first kappa shape index (κ1) is 16.0. The number of carbonyl (C=O) groups is 3. The molecule has 7 heteroatoms. The zero-order valence-corrected chi connectivity index (χ0v) is 13.8. The van der Waals surface area contributed by atoms with Crippen molar-refractivity contribution in [3.63, 3.8) is 0 Å². The lowest BCUT2D eigenvalue weighted by Gasteiger charge is -2.13. The number of benzene rings is 2. The van der Waals surface area contributed by atoms with E-state index in [-0.39, 0.29) is 42.0 Å². The van der Waals surface area contributed by atoms with Crippen LogP contribution in [0.1, 0.15) is 43.9 Å². The number of rotatable bonds is 4. The van der Waals surface area contributed by atoms with E-state index in [9.17, 15) is 19.6 Å². The van der Waals surface area contributed by atoms with Crippen LogP contribution >= 0.6 is 0 Å². The molecule has 2 aliphatic rings. The van der Waals surface area contributed by atoms with Crippen molar-refractivity contribution in [1.29, 1.82) is 0 Å². The maximum Gasteiger partial charge on any atom is 0.261 e. The number of nitrogens with two attached hydrogens (primary N) is 1. The van der Waals surface area contributed by atoms with Crippen LogP contribution in [0.25, 0.3) is 0 Å². The Bertz CT molecular complexity index is 975. The Morgan fingerprint density at radius 3 is 2.27 bits per heavy atom. The molecule has 0 spiro atoms. The molecule has 0 atom stereocenters. The van der Waals surface area contributed by atoms with Crippen LogP contribution in [0.4, 0.5) is 11.4 Å². The summed E-state index contributed by atoms with van der Waals surface area (Å²) < 4.78 is 0.594. The first-order valence-corrected chi connectivity index (χ1v) is 8.21. The molecule has 130 valence electrons. The third kappa shape index (κ3) is 2.28. The summed E-state index contributed by atoms with van der Waals surface area (Å²) in [7, 11) is 0. The third-order valence-electron chi connectivity index (χ3n) is 4.67. The van der Waals surface area contributed by atoms with Crippen molar-refractivity contribution in [2.45, 2.75) is 12.8 Å². The van der Waals surface area contributed by atoms with Gasteiger partial charge in [-0.15, -0.1) is 0 Å². The largest absolute Gasteiger partial charge is 0.618 e. The van der Waals surface area contributed by atoms with Crippen LogP contribution in [0, 0.1) is 5.21 Å². The highest BCUT2D eigenvalue weighted by molar-refractivity contribution is 6.47. The number of hydrogen-bond donors (Lipinski definition) is 1. The third-order valence-corrected chi connectivity index (χ3v) is 4.67. The molecule has 2 aromatic carbocycles. The Morgan fingerprint density at radius 1 is 0.962 bits per heavy atom. The van der Waals surface area contributed by atoms with Crippen LogP contribution in [0.5, 0.6) is 0 Å². The van der Waals surface area contributed by atoms with Crippen molar-refractivity contribution in [3.8, 4) is 0 Å². The lowest BCUT2D eigenvalue weighted by Crippen LogP contribution is -2.31. The molecule has 2 aromatic rings. The molecular formula is C19H15N3O4. The highest BCUT2D eigenvalue weighted by Gasteiger charge is 2.37. The van der Waals surface area contributed by atoms with Crippen molar-refractivity contribution in [1.82, 2.24) is 4.90 Å². The first-order chi connectivity index (χ1) is 12.5. The highest BCUT2D eigenvalue weighted by atomic mass is 16.5. The minimum Gasteiger partial charge on any atom is -0.618 e. The molecule has 0 unspecified atom stereocenters. The van der Waals surface area contributed by atoms with Crippen LogP contribution in [-0.2, 0) is 0 Å². The average molecular weight is 349 g/mol. The second-order valence-electron chi connectivity index (χ2n) is 6.26. The second-order valence-corrected chi connectivity index (χ2v) is 6.26. The van der Waals surface area contributed by atoms with Gasteiger partial charge in [-0.2, -0.15) is 4.74 Å². The Labute approximate surface area is 148 Å². The molecule has 0 saturated carbocycles. The van der Waals surface area contributed by atoms with Gasteiger partial charge >= 0.3 is 0 Å². The lowest BCUT2D eigenvalue weighted by atomic mass is 10.1. The fourth-order valence-corrected chi connectivity index (χ4v) is 3.36. The quantitative estimate of drug-likeness (QED) is 0.394. The molecule has 4 rings (SSSR count). The van der Waals surface area contributed by atoms with Gasteiger partial charge in [0, 0.05) is 24.7 Å². The highest BCUT2D eigenvalue weighted by Crippen LogP contribution is 2.29. The van der Waals surface area contributed by atoms with E-state index in [4.69, 9.17) is 5.73 Å². The van der Waals surface area contributed by atoms with Crippen molar-refractivity contribution in [3.05, 3.63) is 64.4 Å². The molecule has 2 amide bonds. The number of nitrogens with zero attached hydrogens (tertiary/aromatic N) is 2. The van der Waals surface area contributed by atoms with E-state index >= 15 is 0 Å². The van der Waals surface area contributed by atoms with Crippen molar-refractivity contribution >= 4 is 34.7 Å². The number of Topliss-reactive ketones (excluding diaryl/α,β-unsaturated/α-hetero) is 1. The van der Waals surface area contributed by atoms with Gasteiger partial charge in [0.1, 0.15) is 5.56 Å². The van der Waals surface area contributed by atoms with E-state index < -0.39 is 0 Å². The Hall–Kier alpha value is -3.48. The number of amides is 2. The summed E-state index contributed by atoms with van der Waals surface area (Å²) in [5.74, 6) is -1.02. The van der Waals surface area contributed by atoms with Crippen LogP contribution in [0.15, 0.2) is 42.5 Å². The van der Waals surface area contributed by atoms with E-state index in [1.54, 1.807) is 30.3 Å². The zero-order valence-electron chi connectivity index (χ0n) is 13.8. The molecule has 2 aliphatic heterocycles. The van der Waals surface area contributed by atoms with Crippen LogP contribution in [0.2, 0.25) is 0 Å². The normalized spacial score (nSPS) is 15.7. The molecule has 0 radical (unpaired) electrons. The maximum absolute atomic E-state index is 12.4. The summed E-state index contributed by atoms with van der Waals surface area (Å²) in [5.41, 5.74) is 7.51. The molecule has 7 nitrogen and oxygen atoms in total. The molecule has 0 fully saturated rings. The molecule has 2 heterocycles. The van der Waals surface area contributed by atoms with Gasteiger partial charge in [0.15, 0.2) is 0 Å². The molecule has 0 aromatic heterocycles. The van der Waals surface area contributed by atoms with Crippen LogP contribution in [0.3, 0.4) is 0 Å². The van der Waals surface area contributed by atoms with Crippen molar-refractivity contribution in [2.75, 3.05) is 12.3 Å².